The highest BCUT2D eigenvalue weighted by Gasteiger charge is 2.28. The van der Waals surface area contributed by atoms with Gasteiger partial charge < -0.3 is 10.1 Å². The molecule has 168 valence electrons. The Kier molecular flexibility index (Phi) is 7.04. The number of halogens is 1. The number of hydrogen-bond acceptors (Lipinski definition) is 6. The highest BCUT2D eigenvalue weighted by Crippen LogP contribution is 2.27. The van der Waals surface area contributed by atoms with Crippen LogP contribution in [-0.2, 0) is 14.3 Å². The Morgan fingerprint density at radius 3 is 2.62 bits per heavy atom. The van der Waals surface area contributed by atoms with Crippen LogP contribution in [0.3, 0.4) is 0 Å². The fraction of sp³-hybridized carbons (Fsp3) is 0.348. The van der Waals surface area contributed by atoms with Crippen molar-refractivity contribution < 1.29 is 14.3 Å². The minimum Gasteiger partial charge on any atom is -0.379 e. The predicted molar refractivity (Wildman–Crippen MR) is 124 cm³/mol. The molecule has 8 nitrogen and oxygen atoms in total. The van der Waals surface area contributed by atoms with Gasteiger partial charge in [-0.3, -0.25) is 24.9 Å². The van der Waals surface area contributed by atoms with Crippen LogP contribution in [0.2, 0.25) is 5.02 Å². The molecule has 0 spiro atoms. The lowest BCUT2D eigenvalue weighted by Crippen LogP contribution is -2.56. The molecule has 2 N–H and O–H groups in total. The van der Waals surface area contributed by atoms with Gasteiger partial charge in [-0.15, -0.1) is 0 Å². The van der Waals surface area contributed by atoms with Crippen LogP contribution in [0.15, 0.2) is 53.5 Å². The molecule has 2 amide bonds. The van der Waals surface area contributed by atoms with Gasteiger partial charge in [0, 0.05) is 24.7 Å². The summed E-state index contributed by atoms with van der Waals surface area (Å²) in [6.45, 7) is 5.00. The van der Waals surface area contributed by atoms with E-state index in [4.69, 9.17) is 16.3 Å². The van der Waals surface area contributed by atoms with Gasteiger partial charge >= 0.3 is 0 Å². The van der Waals surface area contributed by atoms with Crippen LogP contribution in [0.25, 0.3) is 0 Å². The van der Waals surface area contributed by atoms with Gasteiger partial charge in [0.1, 0.15) is 6.54 Å². The van der Waals surface area contributed by atoms with Gasteiger partial charge in [-0.2, -0.15) is 0 Å². The Labute approximate surface area is 192 Å². The van der Waals surface area contributed by atoms with E-state index < -0.39 is 0 Å². The van der Waals surface area contributed by atoms with E-state index in [1.165, 1.54) is 5.01 Å². The zero-order valence-electron chi connectivity index (χ0n) is 17.9. The highest BCUT2D eigenvalue weighted by atomic mass is 35.5. The molecule has 0 aromatic heterocycles. The minimum atomic E-state index is -0.375. The normalized spacial score (nSPS) is 18.0. The molecule has 9 heteroatoms. The second-order valence-corrected chi connectivity index (χ2v) is 8.14. The van der Waals surface area contributed by atoms with Gasteiger partial charge in [0.05, 0.1) is 24.9 Å². The van der Waals surface area contributed by atoms with E-state index in [-0.39, 0.29) is 30.2 Å². The SMILES string of the molecule is Cc1ccc(N2NC(C(=O)NCC(c3ccccc3Cl)N3CCOCC3)=NCC2=O)cc1. The third-order valence-corrected chi connectivity index (χ3v) is 5.90. The first-order valence-electron chi connectivity index (χ1n) is 10.6. The van der Waals surface area contributed by atoms with E-state index in [2.05, 4.69) is 20.6 Å². The third-order valence-electron chi connectivity index (χ3n) is 5.55. The van der Waals surface area contributed by atoms with E-state index >= 15 is 0 Å². The number of carbonyl (C=O) groups excluding carboxylic acids is 2. The lowest BCUT2D eigenvalue weighted by molar-refractivity contribution is -0.118. The maximum atomic E-state index is 12.9. The molecule has 1 saturated heterocycles. The average molecular weight is 456 g/mol. The Morgan fingerprint density at radius 2 is 1.91 bits per heavy atom. The topological polar surface area (TPSA) is 86.3 Å². The number of aryl methyl sites for hydroxylation is 1. The number of hydrogen-bond donors (Lipinski definition) is 2. The number of amides is 2. The predicted octanol–water partition coefficient (Wildman–Crippen LogP) is 2.09. The maximum Gasteiger partial charge on any atom is 0.288 e. The number of rotatable bonds is 6. The summed E-state index contributed by atoms with van der Waals surface area (Å²) >= 11 is 6.47. The number of benzene rings is 2. The van der Waals surface area contributed by atoms with Crippen molar-refractivity contribution in [3.05, 3.63) is 64.7 Å². The van der Waals surface area contributed by atoms with Crippen LogP contribution in [0.5, 0.6) is 0 Å². The second-order valence-electron chi connectivity index (χ2n) is 7.74. The molecule has 0 radical (unpaired) electrons. The van der Waals surface area contributed by atoms with E-state index in [0.29, 0.717) is 30.5 Å². The molecule has 1 fully saturated rings. The first-order valence-corrected chi connectivity index (χ1v) is 11.0. The molecule has 0 aliphatic carbocycles. The molecule has 1 atom stereocenters. The fourth-order valence-corrected chi connectivity index (χ4v) is 4.05. The summed E-state index contributed by atoms with van der Waals surface area (Å²) in [4.78, 5) is 31.6. The van der Waals surface area contributed by atoms with E-state index in [1.807, 2.05) is 55.5 Å². The number of morpholine rings is 1. The van der Waals surface area contributed by atoms with Crippen molar-refractivity contribution >= 4 is 34.9 Å². The number of carbonyl (C=O) groups is 2. The molecule has 2 aromatic carbocycles. The standard InChI is InChI=1S/C23H26ClN5O3/c1-16-6-8-17(9-7-16)29-21(30)15-25-22(27-29)23(31)26-14-20(28-10-12-32-13-11-28)18-4-2-3-5-19(18)24/h2-9,20H,10-15H2,1H3,(H,25,27)(H,26,31). The minimum absolute atomic E-state index is 0.0962. The quantitative estimate of drug-likeness (QED) is 0.696. The van der Waals surface area contributed by atoms with Crippen LogP contribution >= 0.6 is 11.6 Å². The number of nitrogens with one attached hydrogen (secondary N) is 2. The number of nitrogens with zero attached hydrogens (tertiary/aromatic N) is 3. The molecule has 4 rings (SSSR count). The molecule has 1 unspecified atom stereocenters. The van der Waals surface area contributed by atoms with Crippen molar-refractivity contribution in [2.75, 3.05) is 44.4 Å². The van der Waals surface area contributed by atoms with Gasteiger partial charge in [0.2, 0.25) is 5.84 Å². The molecule has 2 heterocycles. The summed E-state index contributed by atoms with van der Waals surface area (Å²) in [5, 5.41) is 4.97. The van der Waals surface area contributed by atoms with Crippen molar-refractivity contribution in [3.8, 4) is 0 Å². The fourth-order valence-electron chi connectivity index (χ4n) is 3.79. The largest absolute Gasteiger partial charge is 0.379 e. The number of hydrazine groups is 1. The van der Waals surface area contributed by atoms with Gasteiger partial charge in [0.15, 0.2) is 0 Å². The van der Waals surface area contributed by atoms with Crippen LogP contribution in [0, 0.1) is 6.92 Å². The van der Waals surface area contributed by atoms with Gasteiger partial charge in [0.25, 0.3) is 11.8 Å². The molecule has 2 aromatic rings. The zero-order chi connectivity index (χ0) is 22.5. The van der Waals surface area contributed by atoms with Crippen LogP contribution in [0.1, 0.15) is 17.2 Å². The van der Waals surface area contributed by atoms with Crippen molar-refractivity contribution in [2.45, 2.75) is 13.0 Å². The summed E-state index contributed by atoms with van der Waals surface area (Å²) in [6, 6.07) is 15.0. The number of ether oxygens (including phenoxy) is 1. The summed E-state index contributed by atoms with van der Waals surface area (Å²) < 4.78 is 5.48. The summed E-state index contributed by atoms with van der Waals surface area (Å²) in [6.07, 6.45) is 0. The molecule has 2 aliphatic rings. The first kappa shape index (κ1) is 22.3. The van der Waals surface area contributed by atoms with Crippen LogP contribution in [-0.4, -0.2) is 61.9 Å². The lowest BCUT2D eigenvalue weighted by atomic mass is 10.0. The smallest absolute Gasteiger partial charge is 0.288 e. The Bertz CT molecular complexity index is 1000. The number of aliphatic imine (C=N–C) groups is 1. The Balaban J connectivity index is 1.46. The third kappa shape index (κ3) is 5.09. The molecule has 32 heavy (non-hydrogen) atoms. The van der Waals surface area contributed by atoms with Crippen molar-refractivity contribution in [3.63, 3.8) is 0 Å². The van der Waals surface area contributed by atoms with Crippen molar-refractivity contribution in [2.24, 2.45) is 4.99 Å². The molecule has 2 aliphatic heterocycles. The van der Waals surface area contributed by atoms with Gasteiger partial charge in [-0.05, 0) is 30.7 Å². The first-order chi connectivity index (χ1) is 15.5. The number of amidine groups is 1. The zero-order valence-corrected chi connectivity index (χ0v) is 18.6. The number of anilines is 1. The van der Waals surface area contributed by atoms with E-state index in [9.17, 15) is 9.59 Å². The van der Waals surface area contributed by atoms with Crippen LogP contribution < -0.4 is 15.8 Å². The highest BCUT2D eigenvalue weighted by molar-refractivity contribution is 6.39. The van der Waals surface area contributed by atoms with E-state index in [1.54, 1.807) is 0 Å². The Morgan fingerprint density at radius 1 is 1.19 bits per heavy atom. The van der Waals surface area contributed by atoms with Crippen molar-refractivity contribution in [1.29, 1.82) is 0 Å². The molecule has 0 bridgehead atoms. The molecular weight excluding hydrogens is 430 g/mol. The van der Waals surface area contributed by atoms with E-state index in [0.717, 1.165) is 24.2 Å². The monoisotopic (exact) mass is 455 g/mol. The second kappa shape index (κ2) is 10.1. The summed E-state index contributed by atoms with van der Waals surface area (Å²) in [5.74, 6) is -0.502. The average Bonchev–Trinajstić information content (AvgIpc) is 2.82. The Hall–Kier alpha value is -2.94. The maximum absolute atomic E-state index is 12.9. The van der Waals surface area contributed by atoms with Crippen molar-refractivity contribution in [1.82, 2.24) is 15.6 Å². The summed E-state index contributed by atoms with van der Waals surface area (Å²) in [7, 11) is 0. The van der Waals surface area contributed by atoms with Gasteiger partial charge in [-0.1, -0.05) is 47.5 Å². The lowest BCUT2D eigenvalue weighted by Gasteiger charge is -2.35. The van der Waals surface area contributed by atoms with Crippen LogP contribution in [0.4, 0.5) is 5.69 Å². The summed E-state index contributed by atoms with van der Waals surface area (Å²) in [5.41, 5.74) is 5.54. The van der Waals surface area contributed by atoms with Gasteiger partial charge in [-0.25, -0.2) is 5.01 Å². The molecular formula is C23H26ClN5O3. The molecule has 0 saturated carbocycles.